The average Bonchev–Trinajstić information content (AvgIpc) is 3.36. The normalized spacial score (nSPS) is 12.7. The summed E-state index contributed by atoms with van der Waals surface area (Å²) in [4.78, 5) is 25.6. The van der Waals surface area contributed by atoms with E-state index in [-0.39, 0.29) is 25.2 Å². The second-order valence-corrected chi connectivity index (χ2v) is 20.3. The summed E-state index contributed by atoms with van der Waals surface area (Å²) in [7, 11) is 0. The Morgan fingerprint density at radius 1 is 0.314 bits per heavy atom. The molecular weight excluding hydrogens is 861 g/mol. The van der Waals surface area contributed by atoms with Crippen LogP contribution >= 0.6 is 0 Å². The third kappa shape index (κ3) is 57.9. The molecule has 0 saturated carbocycles. The first-order valence-electron chi connectivity index (χ1n) is 30.5. The van der Waals surface area contributed by atoms with Crippen LogP contribution in [0.4, 0.5) is 0 Å². The van der Waals surface area contributed by atoms with Crippen LogP contribution in [0.5, 0.6) is 0 Å². The van der Waals surface area contributed by atoms with Crippen LogP contribution in [-0.2, 0) is 23.8 Å². The lowest BCUT2D eigenvalue weighted by Gasteiger charge is -2.18. The second-order valence-electron chi connectivity index (χ2n) is 20.3. The summed E-state index contributed by atoms with van der Waals surface area (Å²) in [5.41, 5.74) is 0. The van der Waals surface area contributed by atoms with Crippen LogP contribution in [0.25, 0.3) is 0 Å². The zero-order valence-corrected chi connectivity index (χ0v) is 46.8. The van der Waals surface area contributed by atoms with Gasteiger partial charge in [-0.05, 0) is 96.3 Å². The summed E-state index contributed by atoms with van der Waals surface area (Å²) < 4.78 is 17.5. The van der Waals surface area contributed by atoms with E-state index in [4.69, 9.17) is 14.2 Å². The number of allylic oxidation sites excluding steroid dienone is 12. The minimum Gasteiger partial charge on any atom is -0.462 e. The van der Waals surface area contributed by atoms with E-state index in [1.165, 1.54) is 180 Å². The lowest BCUT2D eigenvalue weighted by Crippen LogP contribution is -2.30. The van der Waals surface area contributed by atoms with Crippen molar-refractivity contribution in [3.05, 3.63) is 72.9 Å². The summed E-state index contributed by atoms with van der Waals surface area (Å²) in [6, 6.07) is 0. The monoisotopic (exact) mass is 977 g/mol. The van der Waals surface area contributed by atoms with Crippen LogP contribution in [0.2, 0.25) is 0 Å². The molecule has 0 aromatic rings. The standard InChI is InChI=1S/C65H116O5/c1-4-7-10-13-16-19-22-25-28-31-33-35-37-40-43-46-49-52-55-58-64(66)69-62-63(61-68-60-57-54-51-48-45-42-39-30-27-24-21-18-15-12-9-6-3)70-65(67)59-56-53-50-47-44-41-38-36-34-32-29-26-23-20-17-14-11-8-5-2/h16-17,19-20,25-26,28-29,33-36,63H,4-15,18,21-24,27,30-32,37-62H2,1-3H3/b19-16-,20-17-,28-25-,29-26-,35-33-,36-34-. The van der Waals surface area contributed by atoms with Gasteiger partial charge in [-0.1, -0.05) is 267 Å². The van der Waals surface area contributed by atoms with Crippen LogP contribution in [0.3, 0.4) is 0 Å². The van der Waals surface area contributed by atoms with Gasteiger partial charge in [0.15, 0.2) is 6.10 Å². The molecular formula is C65H116O5. The lowest BCUT2D eigenvalue weighted by molar-refractivity contribution is -0.163. The molecule has 0 amide bonds. The summed E-state index contributed by atoms with van der Waals surface area (Å²) in [6.07, 6.45) is 79.2. The molecule has 0 aromatic carbocycles. The first kappa shape index (κ1) is 67.3. The van der Waals surface area contributed by atoms with Crippen LogP contribution < -0.4 is 0 Å². The van der Waals surface area contributed by atoms with Gasteiger partial charge in [-0.2, -0.15) is 0 Å². The Balaban J connectivity index is 4.32. The Kier molecular flexibility index (Phi) is 58.3. The molecule has 0 saturated heterocycles. The molecule has 0 aliphatic rings. The van der Waals surface area contributed by atoms with Gasteiger partial charge in [-0.25, -0.2) is 0 Å². The average molecular weight is 978 g/mol. The predicted molar refractivity (Wildman–Crippen MR) is 307 cm³/mol. The Labute approximate surface area is 436 Å². The fourth-order valence-electron chi connectivity index (χ4n) is 8.64. The van der Waals surface area contributed by atoms with Crippen molar-refractivity contribution in [1.29, 1.82) is 0 Å². The molecule has 1 unspecified atom stereocenters. The molecule has 406 valence electrons. The van der Waals surface area contributed by atoms with Crippen molar-refractivity contribution in [3.63, 3.8) is 0 Å². The van der Waals surface area contributed by atoms with E-state index in [0.29, 0.717) is 19.4 Å². The summed E-state index contributed by atoms with van der Waals surface area (Å²) in [6.45, 7) is 7.79. The van der Waals surface area contributed by atoms with Gasteiger partial charge in [0.05, 0.1) is 6.61 Å². The van der Waals surface area contributed by atoms with Crippen LogP contribution in [-0.4, -0.2) is 37.9 Å². The molecule has 0 aliphatic heterocycles. The number of hydrogen-bond donors (Lipinski definition) is 0. The van der Waals surface area contributed by atoms with Gasteiger partial charge >= 0.3 is 11.9 Å². The molecule has 0 N–H and O–H groups in total. The van der Waals surface area contributed by atoms with Crippen molar-refractivity contribution in [2.75, 3.05) is 19.8 Å². The zero-order chi connectivity index (χ0) is 50.6. The molecule has 1 atom stereocenters. The number of ether oxygens (including phenoxy) is 3. The number of carbonyl (C=O) groups is 2. The molecule has 70 heavy (non-hydrogen) atoms. The Bertz CT molecular complexity index is 1240. The maximum absolute atomic E-state index is 12.9. The van der Waals surface area contributed by atoms with Gasteiger partial charge in [-0.15, -0.1) is 0 Å². The number of unbranched alkanes of at least 4 members (excludes halogenated alkanes) is 33. The van der Waals surface area contributed by atoms with Gasteiger partial charge in [0.2, 0.25) is 0 Å². The van der Waals surface area contributed by atoms with E-state index in [2.05, 4.69) is 93.7 Å². The highest BCUT2D eigenvalue weighted by Crippen LogP contribution is 2.16. The molecule has 0 fully saturated rings. The number of hydrogen-bond acceptors (Lipinski definition) is 5. The van der Waals surface area contributed by atoms with Gasteiger partial charge in [-0.3, -0.25) is 9.59 Å². The largest absolute Gasteiger partial charge is 0.462 e. The van der Waals surface area contributed by atoms with Crippen molar-refractivity contribution in [2.24, 2.45) is 0 Å². The van der Waals surface area contributed by atoms with E-state index in [9.17, 15) is 9.59 Å². The molecule has 0 aliphatic carbocycles. The van der Waals surface area contributed by atoms with Gasteiger partial charge in [0.1, 0.15) is 6.61 Å². The third-order valence-electron chi connectivity index (χ3n) is 13.2. The van der Waals surface area contributed by atoms with E-state index >= 15 is 0 Å². The maximum Gasteiger partial charge on any atom is 0.306 e. The van der Waals surface area contributed by atoms with Crippen molar-refractivity contribution in [1.82, 2.24) is 0 Å². The Morgan fingerprint density at radius 2 is 0.600 bits per heavy atom. The quantitative estimate of drug-likeness (QED) is 0.0345. The van der Waals surface area contributed by atoms with Crippen LogP contribution in [0.1, 0.15) is 303 Å². The van der Waals surface area contributed by atoms with Crippen molar-refractivity contribution in [2.45, 2.75) is 309 Å². The highest BCUT2D eigenvalue weighted by Gasteiger charge is 2.17. The predicted octanol–water partition coefficient (Wildman–Crippen LogP) is 21.0. The molecule has 0 bridgehead atoms. The highest BCUT2D eigenvalue weighted by atomic mass is 16.6. The number of esters is 2. The fourth-order valence-corrected chi connectivity index (χ4v) is 8.64. The fraction of sp³-hybridized carbons (Fsp3) is 0.785. The molecule has 5 nitrogen and oxygen atoms in total. The van der Waals surface area contributed by atoms with Crippen LogP contribution in [0.15, 0.2) is 72.9 Å². The Hall–Kier alpha value is -2.66. The third-order valence-corrected chi connectivity index (χ3v) is 13.2. The molecule has 0 aromatic heterocycles. The molecule has 0 rings (SSSR count). The first-order valence-corrected chi connectivity index (χ1v) is 30.5. The van der Waals surface area contributed by atoms with Crippen molar-refractivity contribution >= 4 is 11.9 Å². The van der Waals surface area contributed by atoms with E-state index in [1.807, 2.05) is 0 Å². The minimum absolute atomic E-state index is 0.0737. The molecule has 0 spiro atoms. The van der Waals surface area contributed by atoms with Crippen molar-refractivity contribution in [3.8, 4) is 0 Å². The summed E-state index contributed by atoms with van der Waals surface area (Å²) in [5, 5.41) is 0. The second kappa shape index (κ2) is 60.6. The molecule has 5 heteroatoms. The van der Waals surface area contributed by atoms with Crippen LogP contribution in [0, 0.1) is 0 Å². The SMILES string of the molecule is CCCCC/C=C\C/C=C\C/C=C\CCCCCCCCC(=O)OCC(COCCCCCCCCCCCCCCCCCC)OC(=O)CCCCCCCC/C=C\C/C=C\C/C=C\CCCCC. The zero-order valence-electron chi connectivity index (χ0n) is 46.8. The Morgan fingerprint density at radius 3 is 0.986 bits per heavy atom. The number of rotatable bonds is 56. The highest BCUT2D eigenvalue weighted by molar-refractivity contribution is 5.70. The summed E-state index contributed by atoms with van der Waals surface area (Å²) >= 11 is 0. The van der Waals surface area contributed by atoms with Crippen molar-refractivity contribution < 1.29 is 23.8 Å². The van der Waals surface area contributed by atoms with Gasteiger partial charge in [0.25, 0.3) is 0 Å². The van der Waals surface area contributed by atoms with E-state index in [1.54, 1.807) is 0 Å². The number of carbonyl (C=O) groups excluding carboxylic acids is 2. The van der Waals surface area contributed by atoms with E-state index in [0.717, 1.165) is 89.9 Å². The first-order chi connectivity index (χ1) is 34.6. The molecule has 0 heterocycles. The molecule has 0 radical (unpaired) electrons. The lowest BCUT2D eigenvalue weighted by atomic mass is 10.0. The smallest absolute Gasteiger partial charge is 0.306 e. The maximum atomic E-state index is 12.9. The topological polar surface area (TPSA) is 61.8 Å². The minimum atomic E-state index is -0.550. The van der Waals surface area contributed by atoms with Gasteiger partial charge < -0.3 is 14.2 Å². The van der Waals surface area contributed by atoms with E-state index < -0.39 is 6.10 Å². The van der Waals surface area contributed by atoms with Gasteiger partial charge in [0, 0.05) is 19.4 Å². The summed E-state index contributed by atoms with van der Waals surface area (Å²) in [5.74, 6) is -0.414.